The molecule has 0 bridgehead atoms. The van der Waals surface area contributed by atoms with Gasteiger partial charge in [0, 0.05) is 29.7 Å². The van der Waals surface area contributed by atoms with Crippen molar-refractivity contribution in [1.82, 2.24) is 9.97 Å². The molecule has 2 aromatic heterocycles. The van der Waals surface area contributed by atoms with Crippen molar-refractivity contribution in [3.8, 4) is 22.4 Å². The van der Waals surface area contributed by atoms with Crippen LogP contribution < -0.4 is 5.73 Å². The molecule has 0 radical (unpaired) electrons. The number of nitrogens with zero attached hydrogens (tertiary/aromatic N) is 1. The van der Waals surface area contributed by atoms with E-state index in [2.05, 4.69) is 9.97 Å². The fourth-order valence-electron chi connectivity index (χ4n) is 2.55. The van der Waals surface area contributed by atoms with Crippen LogP contribution in [0.1, 0.15) is 15.9 Å². The van der Waals surface area contributed by atoms with Crippen LogP contribution in [-0.4, -0.2) is 15.9 Å². The van der Waals surface area contributed by atoms with Crippen LogP contribution in [0, 0.1) is 6.92 Å². The van der Waals surface area contributed by atoms with Gasteiger partial charge in [0.15, 0.2) is 0 Å². The zero-order chi connectivity index (χ0) is 14.8. The smallest absolute Gasteiger partial charge is 0.248 e. The zero-order valence-electron chi connectivity index (χ0n) is 11.6. The molecular formula is C17H15N3O. The van der Waals surface area contributed by atoms with E-state index in [-0.39, 0.29) is 0 Å². The van der Waals surface area contributed by atoms with Gasteiger partial charge in [-0.15, -0.1) is 0 Å². The molecule has 3 N–H and O–H groups in total. The highest BCUT2D eigenvalue weighted by Crippen LogP contribution is 2.35. The van der Waals surface area contributed by atoms with Crippen molar-refractivity contribution < 1.29 is 4.79 Å². The zero-order valence-corrected chi connectivity index (χ0v) is 11.6. The lowest BCUT2D eigenvalue weighted by atomic mass is 9.91. The van der Waals surface area contributed by atoms with Gasteiger partial charge in [0.05, 0.1) is 5.69 Å². The number of carbonyl (C=O) groups excluding carboxylic acids is 1. The van der Waals surface area contributed by atoms with Gasteiger partial charge in [-0.05, 0) is 47.9 Å². The van der Waals surface area contributed by atoms with Crippen molar-refractivity contribution in [2.75, 3.05) is 0 Å². The lowest BCUT2D eigenvalue weighted by molar-refractivity contribution is 0.1000. The topological polar surface area (TPSA) is 71.8 Å². The van der Waals surface area contributed by atoms with Gasteiger partial charge in [0.2, 0.25) is 5.91 Å². The normalized spacial score (nSPS) is 10.5. The molecule has 0 aliphatic rings. The monoisotopic (exact) mass is 277 g/mol. The molecule has 21 heavy (non-hydrogen) atoms. The number of rotatable bonds is 3. The first kappa shape index (κ1) is 13.1. The third-order valence-corrected chi connectivity index (χ3v) is 3.56. The van der Waals surface area contributed by atoms with Crippen molar-refractivity contribution in [2.24, 2.45) is 5.73 Å². The second-order valence-corrected chi connectivity index (χ2v) is 4.84. The van der Waals surface area contributed by atoms with Gasteiger partial charge in [-0.2, -0.15) is 0 Å². The SMILES string of the molecule is Cc1c(C(N)=O)ccc(-c2cc[nH]c2)c1-c1ccccn1. The van der Waals surface area contributed by atoms with Crippen molar-refractivity contribution >= 4 is 5.91 Å². The van der Waals surface area contributed by atoms with Crippen molar-refractivity contribution in [1.29, 1.82) is 0 Å². The maximum absolute atomic E-state index is 11.6. The molecule has 0 aliphatic carbocycles. The van der Waals surface area contributed by atoms with Gasteiger partial charge in [0.1, 0.15) is 0 Å². The molecule has 4 nitrogen and oxygen atoms in total. The van der Waals surface area contributed by atoms with E-state index in [1.54, 1.807) is 12.3 Å². The predicted octanol–water partition coefficient (Wildman–Crippen LogP) is 3.15. The third kappa shape index (κ3) is 2.31. The Labute approximate surface area is 122 Å². The summed E-state index contributed by atoms with van der Waals surface area (Å²) in [6.07, 6.45) is 5.53. The summed E-state index contributed by atoms with van der Waals surface area (Å²) >= 11 is 0. The van der Waals surface area contributed by atoms with Crippen LogP contribution in [0.5, 0.6) is 0 Å². The second kappa shape index (κ2) is 5.25. The molecule has 0 spiro atoms. The average Bonchev–Trinajstić information content (AvgIpc) is 3.01. The van der Waals surface area contributed by atoms with E-state index in [1.807, 2.05) is 49.6 Å². The van der Waals surface area contributed by atoms with Gasteiger partial charge in [0.25, 0.3) is 0 Å². The number of nitrogens with two attached hydrogens (primary N) is 1. The van der Waals surface area contributed by atoms with E-state index < -0.39 is 5.91 Å². The number of hydrogen-bond acceptors (Lipinski definition) is 2. The Kier molecular flexibility index (Phi) is 3.28. The molecule has 3 rings (SSSR count). The molecule has 0 fully saturated rings. The van der Waals surface area contributed by atoms with E-state index >= 15 is 0 Å². The highest BCUT2D eigenvalue weighted by atomic mass is 16.1. The number of hydrogen-bond donors (Lipinski definition) is 2. The predicted molar refractivity (Wildman–Crippen MR) is 82.7 cm³/mol. The van der Waals surface area contributed by atoms with Gasteiger partial charge in [-0.3, -0.25) is 9.78 Å². The molecule has 0 atom stereocenters. The second-order valence-electron chi connectivity index (χ2n) is 4.84. The number of pyridine rings is 1. The first-order valence-corrected chi connectivity index (χ1v) is 6.66. The van der Waals surface area contributed by atoms with E-state index in [0.717, 1.165) is 27.9 Å². The molecule has 3 aromatic rings. The summed E-state index contributed by atoms with van der Waals surface area (Å²) in [6, 6.07) is 11.4. The minimum atomic E-state index is -0.426. The Morgan fingerprint density at radius 2 is 2.05 bits per heavy atom. The highest BCUT2D eigenvalue weighted by molar-refractivity contribution is 5.98. The highest BCUT2D eigenvalue weighted by Gasteiger charge is 2.16. The summed E-state index contributed by atoms with van der Waals surface area (Å²) in [5.41, 5.74) is 10.7. The first-order valence-electron chi connectivity index (χ1n) is 6.66. The van der Waals surface area contributed by atoms with Gasteiger partial charge in [-0.1, -0.05) is 12.1 Å². The minimum Gasteiger partial charge on any atom is -0.367 e. The van der Waals surface area contributed by atoms with Crippen LogP contribution in [0.2, 0.25) is 0 Å². The number of benzene rings is 1. The lowest BCUT2D eigenvalue weighted by Crippen LogP contribution is -2.13. The van der Waals surface area contributed by atoms with Crippen molar-refractivity contribution in [2.45, 2.75) is 6.92 Å². The molecule has 4 heteroatoms. The van der Waals surface area contributed by atoms with Crippen molar-refractivity contribution in [3.63, 3.8) is 0 Å². The van der Waals surface area contributed by atoms with E-state index in [0.29, 0.717) is 5.56 Å². The Morgan fingerprint density at radius 1 is 1.19 bits per heavy atom. The molecule has 2 heterocycles. The van der Waals surface area contributed by atoms with Crippen LogP contribution in [0.15, 0.2) is 55.0 Å². The third-order valence-electron chi connectivity index (χ3n) is 3.56. The van der Waals surface area contributed by atoms with E-state index in [4.69, 9.17) is 5.73 Å². The average molecular weight is 277 g/mol. The number of nitrogens with one attached hydrogen (secondary N) is 1. The molecule has 1 aromatic carbocycles. The maximum Gasteiger partial charge on any atom is 0.248 e. The molecule has 0 saturated carbocycles. The van der Waals surface area contributed by atoms with Gasteiger partial charge >= 0.3 is 0 Å². The number of H-pyrrole nitrogens is 1. The lowest BCUT2D eigenvalue weighted by Gasteiger charge is -2.14. The number of aromatic amines is 1. The number of carbonyl (C=O) groups is 1. The summed E-state index contributed by atoms with van der Waals surface area (Å²) in [5.74, 6) is -0.426. The van der Waals surface area contributed by atoms with Crippen LogP contribution in [0.25, 0.3) is 22.4 Å². The molecule has 104 valence electrons. The van der Waals surface area contributed by atoms with Gasteiger partial charge in [-0.25, -0.2) is 0 Å². The summed E-state index contributed by atoms with van der Waals surface area (Å²) in [6.45, 7) is 1.90. The minimum absolute atomic E-state index is 0.426. The number of primary amides is 1. The molecule has 0 unspecified atom stereocenters. The fraction of sp³-hybridized carbons (Fsp3) is 0.0588. The molecule has 0 aliphatic heterocycles. The molecule has 1 amide bonds. The standard InChI is InChI=1S/C17H15N3O/c1-11-13(17(18)21)5-6-14(12-7-9-19-10-12)16(11)15-4-2-3-8-20-15/h2-10,19H,1H3,(H2,18,21). The Morgan fingerprint density at radius 3 is 2.67 bits per heavy atom. The Balaban J connectivity index is 2.32. The van der Waals surface area contributed by atoms with Crippen molar-refractivity contribution in [3.05, 3.63) is 66.1 Å². The summed E-state index contributed by atoms with van der Waals surface area (Å²) in [7, 11) is 0. The number of aromatic nitrogens is 2. The van der Waals surface area contributed by atoms with Crippen LogP contribution in [0.4, 0.5) is 0 Å². The van der Waals surface area contributed by atoms with E-state index in [9.17, 15) is 4.79 Å². The van der Waals surface area contributed by atoms with Gasteiger partial charge < -0.3 is 10.7 Å². The van der Waals surface area contributed by atoms with Crippen LogP contribution in [-0.2, 0) is 0 Å². The fourth-order valence-corrected chi connectivity index (χ4v) is 2.55. The quantitative estimate of drug-likeness (QED) is 0.772. The van der Waals surface area contributed by atoms with E-state index in [1.165, 1.54) is 0 Å². The summed E-state index contributed by atoms with van der Waals surface area (Å²) < 4.78 is 0. The molecule has 0 saturated heterocycles. The summed E-state index contributed by atoms with van der Waals surface area (Å²) in [5, 5.41) is 0. The maximum atomic E-state index is 11.6. The van der Waals surface area contributed by atoms with Crippen LogP contribution >= 0.6 is 0 Å². The number of amides is 1. The molecular weight excluding hydrogens is 262 g/mol. The summed E-state index contributed by atoms with van der Waals surface area (Å²) in [4.78, 5) is 19.1. The largest absolute Gasteiger partial charge is 0.367 e. The Bertz CT molecular complexity index is 777. The first-order chi connectivity index (χ1) is 10.2. The Hall–Kier alpha value is -2.88. The van der Waals surface area contributed by atoms with Crippen LogP contribution in [0.3, 0.4) is 0 Å².